The minimum absolute atomic E-state index is 0.00282. The molecule has 2 aliphatic rings. The van der Waals surface area contributed by atoms with Crippen molar-refractivity contribution in [1.82, 2.24) is 9.55 Å². The van der Waals surface area contributed by atoms with Crippen LogP contribution in [0.15, 0.2) is 35.1 Å². The summed E-state index contributed by atoms with van der Waals surface area (Å²) >= 11 is 0. The van der Waals surface area contributed by atoms with Gasteiger partial charge in [-0.2, -0.15) is 22.5 Å². The highest BCUT2D eigenvalue weighted by Gasteiger charge is 2.46. The molecule has 0 aliphatic carbocycles. The molecule has 0 bridgehead atoms. The topological polar surface area (TPSA) is 59.8 Å². The van der Waals surface area contributed by atoms with E-state index in [9.17, 15) is 18.0 Å². The second-order valence-corrected chi connectivity index (χ2v) is 8.38. The lowest BCUT2D eigenvalue weighted by molar-refractivity contribution is -0.171. The molecule has 0 saturated carbocycles. The van der Waals surface area contributed by atoms with Gasteiger partial charge in [-0.15, -0.1) is 0 Å². The standard InChI is InChI=1S/C22H26F4N4O3/c1-14-13-32-11-10-29(14)19-18(23)20(31)30-17(22(24,25)26)8-9-28(21(30)27-19)12-15(2)33-16-6-4-3-5-7-16/h3-7,14-15,17H,8-13H2,1-2H3/t14-,15?,17-/m1/s1. The van der Waals surface area contributed by atoms with Gasteiger partial charge in [0.25, 0.3) is 5.56 Å². The summed E-state index contributed by atoms with van der Waals surface area (Å²) in [6, 6.07) is 6.60. The zero-order valence-electron chi connectivity index (χ0n) is 18.4. The lowest BCUT2D eigenvalue weighted by atomic mass is 10.1. The van der Waals surface area contributed by atoms with Crippen LogP contribution in [-0.4, -0.2) is 60.7 Å². The highest BCUT2D eigenvalue weighted by atomic mass is 19.4. The third kappa shape index (κ3) is 4.78. The van der Waals surface area contributed by atoms with Crippen molar-refractivity contribution in [3.05, 3.63) is 46.5 Å². The van der Waals surface area contributed by atoms with E-state index in [4.69, 9.17) is 9.47 Å². The van der Waals surface area contributed by atoms with Crippen LogP contribution in [0.1, 0.15) is 26.3 Å². The van der Waals surface area contributed by atoms with E-state index < -0.39 is 29.7 Å². The number of benzene rings is 1. The van der Waals surface area contributed by atoms with Crippen molar-refractivity contribution in [1.29, 1.82) is 0 Å². The molecule has 3 heterocycles. The first-order chi connectivity index (χ1) is 15.7. The molecule has 33 heavy (non-hydrogen) atoms. The van der Waals surface area contributed by atoms with Crippen LogP contribution in [0, 0.1) is 5.82 Å². The molecule has 7 nitrogen and oxygen atoms in total. The Hall–Kier alpha value is -2.82. The molecule has 2 aliphatic heterocycles. The van der Waals surface area contributed by atoms with Crippen molar-refractivity contribution in [2.24, 2.45) is 0 Å². The number of anilines is 2. The van der Waals surface area contributed by atoms with Crippen molar-refractivity contribution in [3.8, 4) is 5.75 Å². The van der Waals surface area contributed by atoms with E-state index in [0.717, 1.165) is 0 Å². The Balaban J connectivity index is 1.72. The Labute approximate surface area is 188 Å². The number of ether oxygens (including phenoxy) is 2. The van der Waals surface area contributed by atoms with E-state index in [2.05, 4.69) is 4.98 Å². The van der Waals surface area contributed by atoms with Gasteiger partial charge in [-0.05, 0) is 32.4 Å². The molecule has 0 amide bonds. The van der Waals surface area contributed by atoms with Crippen molar-refractivity contribution in [2.75, 3.05) is 42.6 Å². The summed E-state index contributed by atoms with van der Waals surface area (Å²) in [5.74, 6) is -1.11. The summed E-state index contributed by atoms with van der Waals surface area (Å²) in [4.78, 5) is 20.3. The summed E-state index contributed by atoms with van der Waals surface area (Å²) < 4.78 is 68.0. The molecule has 0 radical (unpaired) electrons. The maximum Gasteiger partial charge on any atom is 0.409 e. The Morgan fingerprint density at radius 2 is 1.97 bits per heavy atom. The second kappa shape index (κ2) is 9.20. The number of fused-ring (bicyclic) bond motifs is 1. The Morgan fingerprint density at radius 1 is 1.24 bits per heavy atom. The van der Waals surface area contributed by atoms with E-state index in [1.54, 1.807) is 35.8 Å². The molecule has 11 heteroatoms. The van der Waals surface area contributed by atoms with Crippen LogP contribution in [0.4, 0.5) is 29.3 Å². The number of alkyl halides is 3. The first kappa shape index (κ1) is 23.3. The molecule has 1 unspecified atom stereocenters. The Bertz CT molecular complexity index is 1030. The summed E-state index contributed by atoms with van der Waals surface area (Å²) in [5.41, 5.74) is -1.32. The van der Waals surface area contributed by atoms with Gasteiger partial charge in [0.15, 0.2) is 5.82 Å². The first-order valence-electron chi connectivity index (χ1n) is 10.9. The molecule has 1 aromatic heterocycles. The average molecular weight is 470 g/mol. The zero-order chi connectivity index (χ0) is 23.8. The molecule has 1 saturated heterocycles. The third-order valence-electron chi connectivity index (χ3n) is 5.87. The first-order valence-corrected chi connectivity index (χ1v) is 10.9. The molecule has 2 aromatic rings. The van der Waals surface area contributed by atoms with Crippen LogP contribution in [0.2, 0.25) is 0 Å². The van der Waals surface area contributed by atoms with Crippen LogP contribution in [-0.2, 0) is 4.74 Å². The van der Waals surface area contributed by atoms with Gasteiger partial charge >= 0.3 is 6.18 Å². The van der Waals surface area contributed by atoms with Crippen LogP contribution in [0.3, 0.4) is 0 Å². The number of para-hydroxylation sites is 1. The number of hydrogen-bond acceptors (Lipinski definition) is 6. The van der Waals surface area contributed by atoms with Crippen LogP contribution in [0.5, 0.6) is 5.75 Å². The molecule has 3 atom stereocenters. The van der Waals surface area contributed by atoms with E-state index in [1.165, 1.54) is 0 Å². The fourth-order valence-corrected chi connectivity index (χ4v) is 4.30. The van der Waals surface area contributed by atoms with Gasteiger partial charge in [0, 0.05) is 13.1 Å². The summed E-state index contributed by atoms with van der Waals surface area (Å²) in [6.45, 7) is 4.63. The zero-order valence-corrected chi connectivity index (χ0v) is 18.4. The van der Waals surface area contributed by atoms with Crippen LogP contribution >= 0.6 is 0 Å². The molecule has 0 spiro atoms. The molecule has 1 aromatic carbocycles. The van der Waals surface area contributed by atoms with Crippen molar-refractivity contribution in [2.45, 2.75) is 44.6 Å². The third-order valence-corrected chi connectivity index (χ3v) is 5.87. The fraction of sp³-hybridized carbons (Fsp3) is 0.545. The molecule has 180 valence electrons. The SMILES string of the molecule is CC(CN1CC[C@H](C(F)(F)F)n2c1nc(N1CCOC[C@H]1C)c(F)c2=O)Oc1ccccc1. The average Bonchev–Trinajstić information content (AvgIpc) is 2.77. The minimum atomic E-state index is -4.71. The predicted octanol–water partition coefficient (Wildman–Crippen LogP) is 3.39. The monoisotopic (exact) mass is 470 g/mol. The van der Waals surface area contributed by atoms with Gasteiger partial charge in [0.2, 0.25) is 11.8 Å². The van der Waals surface area contributed by atoms with Gasteiger partial charge in [0.1, 0.15) is 17.9 Å². The molecular weight excluding hydrogens is 444 g/mol. The van der Waals surface area contributed by atoms with Crippen LogP contribution in [0.25, 0.3) is 0 Å². The summed E-state index contributed by atoms with van der Waals surface area (Å²) in [7, 11) is 0. The van der Waals surface area contributed by atoms with Crippen LogP contribution < -0.4 is 20.1 Å². The highest BCUT2D eigenvalue weighted by Crippen LogP contribution is 2.39. The van der Waals surface area contributed by atoms with Crippen molar-refractivity contribution >= 4 is 11.8 Å². The fourth-order valence-electron chi connectivity index (χ4n) is 4.30. The van der Waals surface area contributed by atoms with Gasteiger partial charge in [-0.25, -0.2) is 0 Å². The van der Waals surface area contributed by atoms with Crippen molar-refractivity contribution in [3.63, 3.8) is 0 Å². The smallest absolute Gasteiger partial charge is 0.409 e. The predicted molar refractivity (Wildman–Crippen MR) is 115 cm³/mol. The summed E-state index contributed by atoms with van der Waals surface area (Å²) in [6.07, 6.45) is -5.52. The van der Waals surface area contributed by atoms with Gasteiger partial charge in [-0.3, -0.25) is 9.36 Å². The number of rotatable bonds is 5. The van der Waals surface area contributed by atoms with Crippen molar-refractivity contribution < 1.29 is 27.0 Å². The maximum absolute atomic E-state index is 15.1. The highest BCUT2D eigenvalue weighted by molar-refractivity contribution is 5.48. The van der Waals surface area contributed by atoms with E-state index >= 15 is 4.39 Å². The van der Waals surface area contributed by atoms with Gasteiger partial charge < -0.3 is 19.3 Å². The largest absolute Gasteiger partial charge is 0.489 e. The number of aromatic nitrogens is 2. The molecular formula is C22H26F4N4O3. The molecule has 1 fully saturated rings. The second-order valence-electron chi connectivity index (χ2n) is 8.38. The normalized spacial score (nSPS) is 22.1. The lowest BCUT2D eigenvalue weighted by Crippen LogP contribution is -2.50. The number of halogens is 4. The number of hydrogen-bond donors (Lipinski definition) is 0. The van der Waals surface area contributed by atoms with E-state index in [-0.39, 0.29) is 43.9 Å². The van der Waals surface area contributed by atoms with Gasteiger partial charge in [-0.1, -0.05) is 18.2 Å². The molecule has 0 N–H and O–H groups in total. The summed E-state index contributed by atoms with van der Waals surface area (Å²) in [5, 5.41) is 0. The van der Waals surface area contributed by atoms with E-state index in [1.807, 2.05) is 18.2 Å². The lowest BCUT2D eigenvalue weighted by Gasteiger charge is -2.39. The van der Waals surface area contributed by atoms with E-state index in [0.29, 0.717) is 23.5 Å². The number of morpholine rings is 1. The number of nitrogens with zero attached hydrogens (tertiary/aromatic N) is 4. The molecule has 4 rings (SSSR count). The minimum Gasteiger partial charge on any atom is -0.489 e. The van der Waals surface area contributed by atoms with Gasteiger partial charge in [0.05, 0.1) is 25.8 Å². The Morgan fingerprint density at radius 3 is 2.64 bits per heavy atom. The Kier molecular flexibility index (Phi) is 6.51. The quantitative estimate of drug-likeness (QED) is 0.625. The maximum atomic E-state index is 15.1.